The molecule has 9 atom stereocenters. The van der Waals surface area contributed by atoms with E-state index in [0.717, 1.165) is 58.2 Å². The average Bonchev–Trinajstić information content (AvgIpc) is 3.44. The second-order valence-electron chi connectivity index (χ2n) is 20.1. The van der Waals surface area contributed by atoms with Crippen LogP contribution in [0, 0.1) is 56.7 Å². The van der Waals surface area contributed by atoms with Gasteiger partial charge in [0.05, 0.1) is 11.0 Å². The largest absolute Gasteiger partial charge is 0.481 e. The van der Waals surface area contributed by atoms with E-state index in [-0.39, 0.29) is 39.5 Å². The third-order valence-electron chi connectivity index (χ3n) is 15.9. The van der Waals surface area contributed by atoms with Crippen molar-refractivity contribution in [1.82, 2.24) is 10.2 Å². The van der Waals surface area contributed by atoms with Crippen molar-refractivity contribution in [2.24, 2.45) is 56.7 Å². The number of hydrogen-bond donors (Lipinski definition) is 2. The highest BCUT2D eigenvalue weighted by molar-refractivity contribution is 5.90. The number of likely N-dealkylation sites (N-methyl/N-ethyl adjacent to an activating group) is 1. The monoisotopic (exact) mass is 701 g/mol. The molecule has 5 aliphatic carbocycles. The van der Waals surface area contributed by atoms with E-state index in [9.17, 15) is 14.7 Å². The van der Waals surface area contributed by atoms with Crippen LogP contribution in [0.25, 0.3) is 5.57 Å². The van der Waals surface area contributed by atoms with Crippen LogP contribution in [-0.4, -0.2) is 61.3 Å². The maximum Gasteiger partial charge on any atom is 0.338 e. The topological polar surface area (TPSA) is 78.9 Å². The predicted octanol–water partition coefficient (Wildman–Crippen LogP) is 9.51. The highest BCUT2D eigenvalue weighted by Gasteiger charge is 2.71. The van der Waals surface area contributed by atoms with Crippen LogP contribution in [0.5, 0.6) is 0 Å². The van der Waals surface area contributed by atoms with Crippen LogP contribution < -0.4 is 5.32 Å². The highest BCUT2D eigenvalue weighted by Crippen LogP contribution is 2.77. The van der Waals surface area contributed by atoms with Gasteiger partial charge in [0.1, 0.15) is 5.60 Å². The Kier molecular flexibility index (Phi) is 9.87. The fraction of sp³-hybridized carbons (Fsp3) is 0.733. The van der Waals surface area contributed by atoms with Crippen LogP contribution in [-0.2, 0) is 9.53 Å². The molecule has 0 spiro atoms. The molecule has 51 heavy (non-hydrogen) atoms. The van der Waals surface area contributed by atoms with Crippen molar-refractivity contribution in [2.45, 2.75) is 119 Å². The Labute approximate surface area is 309 Å². The first-order valence-electron chi connectivity index (χ1n) is 20.0. The first-order chi connectivity index (χ1) is 23.7. The molecule has 1 aromatic rings. The van der Waals surface area contributed by atoms with Crippen molar-refractivity contribution in [1.29, 1.82) is 0 Å². The van der Waals surface area contributed by atoms with E-state index < -0.39 is 17.0 Å². The Morgan fingerprint density at radius 1 is 0.922 bits per heavy atom. The van der Waals surface area contributed by atoms with Gasteiger partial charge < -0.3 is 20.1 Å². The second kappa shape index (κ2) is 13.1. The third-order valence-corrected chi connectivity index (χ3v) is 15.9. The molecular weight excluding hydrogens is 633 g/mol. The van der Waals surface area contributed by atoms with Gasteiger partial charge in [-0.05, 0) is 167 Å². The van der Waals surface area contributed by atoms with Crippen molar-refractivity contribution in [3.8, 4) is 0 Å². The van der Waals surface area contributed by atoms with E-state index in [1.54, 1.807) is 0 Å². The molecule has 0 saturated heterocycles. The number of benzene rings is 1. The maximum absolute atomic E-state index is 13.3. The number of aliphatic carboxylic acids is 1. The zero-order valence-electron chi connectivity index (χ0n) is 33.6. The Morgan fingerprint density at radius 3 is 2.24 bits per heavy atom. The van der Waals surface area contributed by atoms with Crippen molar-refractivity contribution in [3.63, 3.8) is 0 Å². The Hall–Kier alpha value is -2.44. The van der Waals surface area contributed by atoms with E-state index in [2.05, 4.69) is 83.7 Å². The van der Waals surface area contributed by atoms with Crippen LogP contribution in [0.1, 0.15) is 129 Å². The number of carboxylic acid groups (broad SMARTS) is 1. The van der Waals surface area contributed by atoms with E-state index in [1.807, 2.05) is 32.9 Å². The van der Waals surface area contributed by atoms with Gasteiger partial charge in [-0.3, -0.25) is 4.79 Å². The quantitative estimate of drug-likeness (QED) is 0.152. The Balaban J connectivity index is 1.27. The normalized spacial score (nSPS) is 38.5. The number of carbonyl (C=O) groups excluding carboxylic acids is 1. The number of fused-ring (bicyclic) bond motifs is 7. The number of carboxylic acids is 1. The lowest BCUT2D eigenvalue weighted by Crippen LogP contribution is -2.66. The first kappa shape index (κ1) is 38.3. The fourth-order valence-corrected chi connectivity index (χ4v) is 13.3. The van der Waals surface area contributed by atoms with Crippen molar-refractivity contribution in [3.05, 3.63) is 53.6 Å². The van der Waals surface area contributed by atoms with Crippen LogP contribution in [0.4, 0.5) is 0 Å². The number of nitrogens with one attached hydrogen (secondary N) is 1. The van der Waals surface area contributed by atoms with Gasteiger partial charge in [-0.15, -0.1) is 0 Å². The molecule has 0 heterocycles. The minimum absolute atomic E-state index is 0.0155. The molecule has 0 bridgehead atoms. The zero-order valence-corrected chi connectivity index (χ0v) is 33.6. The SMILES string of the molecule is C=C(CNCCN(C)C)[C@@H]1CC[C@]2(C(=O)O)CC[C@]3(C)[C@H](CC[C@@H]4[C@@]5(C)CC=C(c6ccc(C(=O)OC(C)(C)C)cc6)C(C)(C)[C@@H]5CC[C@]43C)[C@@H]12. The zero-order chi connectivity index (χ0) is 37.4. The molecule has 5 aliphatic rings. The average molecular weight is 701 g/mol. The van der Waals surface area contributed by atoms with Crippen molar-refractivity contribution < 1.29 is 19.4 Å². The van der Waals surface area contributed by atoms with Gasteiger partial charge in [0, 0.05) is 19.6 Å². The van der Waals surface area contributed by atoms with E-state index in [0.29, 0.717) is 23.3 Å². The van der Waals surface area contributed by atoms with Gasteiger partial charge in [-0.25, -0.2) is 4.79 Å². The summed E-state index contributed by atoms with van der Waals surface area (Å²) in [5.41, 5.74) is 3.70. The molecule has 0 aliphatic heterocycles. The summed E-state index contributed by atoms with van der Waals surface area (Å²) in [7, 11) is 4.19. The molecule has 0 radical (unpaired) electrons. The summed E-state index contributed by atoms with van der Waals surface area (Å²) in [5, 5.41) is 14.5. The predicted molar refractivity (Wildman–Crippen MR) is 207 cm³/mol. The number of carbonyl (C=O) groups is 2. The smallest absolute Gasteiger partial charge is 0.338 e. The molecule has 4 fully saturated rings. The standard InChI is InChI=1S/C45H68N2O4/c1-29(28-46-26-27-47(10)11)32-18-23-45(39(49)50)25-24-43(8)34(37(32)45)16-17-36-42(7)21-19-33(41(5,6)35(42)20-22-44(36,43)9)30-12-14-31(15-13-30)38(48)51-40(2,3)4/h12-15,19,32,34-37,46H,1,16-18,20-28H2,2-11H3,(H,49,50)/t32-,34+,35-,36+,37+,42-,43+,44+,45-/m0/s1. The van der Waals surface area contributed by atoms with Crippen LogP contribution >= 0.6 is 0 Å². The summed E-state index contributed by atoms with van der Waals surface area (Å²) >= 11 is 0. The summed E-state index contributed by atoms with van der Waals surface area (Å²) in [6, 6.07) is 8.10. The molecule has 0 aromatic heterocycles. The lowest BCUT2D eigenvalue weighted by Gasteiger charge is -2.72. The van der Waals surface area contributed by atoms with E-state index >= 15 is 0 Å². The number of hydrogen-bond acceptors (Lipinski definition) is 5. The first-order valence-corrected chi connectivity index (χ1v) is 20.0. The van der Waals surface area contributed by atoms with Gasteiger partial charge in [0.15, 0.2) is 0 Å². The molecule has 4 saturated carbocycles. The van der Waals surface area contributed by atoms with Gasteiger partial charge in [-0.1, -0.05) is 65.0 Å². The third kappa shape index (κ3) is 6.16. The number of ether oxygens (including phenoxy) is 1. The Morgan fingerprint density at radius 2 is 1.61 bits per heavy atom. The van der Waals surface area contributed by atoms with Crippen LogP contribution in [0.2, 0.25) is 0 Å². The lowest BCUT2D eigenvalue weighted by molar-refractivity contribution is -0.227. The summed E-state index contributed by atoms with van der Waals surface area (Å²) in [4.78, 5) is 28.2. The van der Waals surface area contributed by atoms with Crippen molar-refractivity contribution >= 4 is 17.5 Å². The number of rotatable bonds is 9. The second-order valence-corrected chi connectivity index (χ2v) is 20.1. The molecule has 1 aromatic carbocycles. The van der Waals surface area contributed by atoms with Crippen molar-refractivity contribution in [2.75, 3.05) is 33.7 Å². The minimum Gasteiger partial charge on any atom is -0.481 e. The molecule has 6 rings (SSSR count). The fourth-order valence-electron chi connectivity index (χ4n) is 13.3. The summed E-state index contributed by atoms with van der Waals surface area (Å²) in [6.45, 7) is 25.8. The molecular formula is C45H68N2O4. The Bertz CT molecular complexity index is 1550. The molecule has 2 N–H and O–H groups in total. The van der Waals surface area contributed by atoms with Gasteiger partial charge >= 0.3 is 11.9 Å². The van der Waals surface area contributed by atoms with Crippen LogP contribution in [0.3, 0.4) is 0 Å². The van der Waals surface area contributed by atoms with Gasteiger partial charge in [-0.2, -0.15) is 0 Å². The van der Waals surface area contributed by atoms with E-state index in [1.165, 1.54) is 36.0 Å². The summed E-state index contributed by atoms with van der Waals surface area (Å²) in [6.07, 6.45) is 11.9. The summed E-state index contributed by atoms with van der Waals surface area (Å²) in [5.74, 6) is 1.14. The minimum atomic E-state index is -0.616. The number of nitrogens with zero attached hydrogens (tertiary/aromatic N) is 1. The summed E-state index contributed by atoms with van der Waals surface area (Å²) < 4.78 is 5.63. The number of esters is 1. The lowest BCUT2D eigenvalue weighted by atomic mass is 9.32. The van der Waals surface area contributed by atoms with Gasteiger partial charge in [0.25, 0.3) is 0 Å². The molecule has 282 valence electrons. The van der Waals surface area contributed by atoms with E-state index in [4.69, 9.17) is 4.74 Å². The number of allylic oxidation sites excluding steroid dienone is 2. The maximum atomic E-state index is 13.3. The molecule has 6 heteroatoms. The molecule has 0 amide bonds. The van der Waals surface area contributed by atoms with Gasteiger partial charge in [0.2, 0.25) is 0 Å². The van der Waals surface area contributed by atoms with Crippen LogP contribution in [0.15, 0.2) is 42.5 Å². The highest BCUT2D eigenvalue weighted by atomic mass is 16.6. The molecule has 6 nitrogen and oxygen atoms in total. The molecule has 0 unspecified atom stereocenters.